The number of aromatic nitrogens is 3. The van der Waals surface area contributed by atoms with Gasteiger partial charge >= 0.3 is 6.18 Å². The zero-order valence-electron chi connectivity index (χ0n) is 14.3. The number of ether oxygens (including phenoxy) is 1. The molecule has 3 aromatic rings. The second-order valence-electron chi connectivity index (χ2n) is 5.82. The van der Waals surface area contributed by atoms with Crippen LogP contribution in [0.25, 0.3) is 22.6 Å². The van der Waals surface area contributed by atoms with E-state index >= 15 is 0 Å². The number of nitrogens with one attached hydrogen (secondary N) is 1. The average molecular weight is 379 g/mol. The van der Waals surface area contributed by atoms with Crippen molar-refractivity contribution in [3.05, 3.63) is 54.4 Å². The van der Waals surface area contributed by atoms with Crippen molar-refractivity contribution in [2.75, 3.05) is 13.3 Å². The summed E-state index contributed by atoms with van der Waals surface area (Å²) in [5.41, 5.74) is 0.673. The number of rotatable bonds is 7. The fourth-order valence-electron chi connectivity index (χ4n) is 2.52. The van der Waals surface area contributed by atoms with Crippen molar-refractivity contribution in [3.63, 3.8) is 0 Å². The summed E-state index contributed by atoms with van der Waals surface area (Å²) in [4.78, 5) is 11.4. The molecule has 142 valence electrons. The predicted octanol–water partition coefficient (Wildman–Crippen LogP) is 5.29. The van der Waals surface area contributed by atoms with E-state index in [9.17, 15) is 17.6 Å². The van der Waals surface area contributed by atoms with Crippen LogP contribution in [-0.4, -0.2) is 28.2 Å². The molecule has 8 heteroatoms. The summed E-state index contributed by atoms with van der Waals surface area (Å²) in [5, 5.41) is 0. The molecule has 0 saturated carbocycles. The molecule has 4 nitrogen and oxygen atoms in total. The van der Waals surface area contributed by atoms with Crippen LogP contribution in [0.5, 0.6) is 5.88 Å². The highest BCUT2D eigenvalue weighted by atomic mass is 19.4. The van der Waals surface area contributed by atoms with Crippen LogP contribution in [0.2, 0.25) is 0 Å². The summed E-state index contributed by atoms with van der Waals surface area (Å²) in [7, 11) is 0. The van der Waals surface area contributed by atoms with Crippen LogP contribution in [0.3, 0.4) is 0 Å². The van der Waals surface area contributed by atoms with Crippen molar-refractivity contribution < 1.29 is 22.3 Å². The first kappa shape index (κ1) is 18.9. The number of alkyl halides is 4. The van der Waals surface area contributed by atoms with Crippen LogP contribution in [0.15, 0.2) is 48.8 Å². The van der Waals surface area contributed by atoms with Gasteiger partial charge in [0, 0.05) is 11.8 Å². The van der Waals surface area contributed by atoms with E-state index in [-0.39, 0.29) is 0 Å². The summed E-state index contributed by atoms with van der Waals surface area (Å²) >= 11 is 0. The molecular weight excluding hydrogens is 362 g/mol. The monoisotopic (exact) mass is 379 g/mol. The second kappa shape index (κ2) is 8.20. The van der Waals surface area contributed by atoms with Gasteiger partial charge in [0.25, 0.3) is 0 Å². The topological polar surface area (TPSA) is 50.8 Å². The van der Waals surface area contributed by atoms with Gasteiger partial charge in [0.15, 0.2) is 0 Å². The highest BCUT2D eigenvalue weighted by Crippen LogP contribution is 2.33. The third-order valence-corrected chi connectivity index (χ3v) is 3.87. The van der Waals surface area contributed by atoms with Crippen molar-refractivity contribution in [3.8, 4) is 28.5 Å². The van der Waals surface area contributed by atoms with Gasteiger partial charge < -0.3 is 9.72 Å². The van der Waals surface area contributed by atoms with Crippen LogP contribution >= 0.6 is 0 Å². The number of H-pyrrole nitrogens is 1. The Morgan fingerprint density at radius 2 is 1.89 bits per heavy atom. The van der Waals surface area contributed by atoms with Crippen LogP contribution in [-0.2, 0) is 6.18 Å². The predicted molar refractivity (Wildman–Crippen MR) is 93.0 cm³/mol. The van der Waals surface area contributed by atoms with Gasteiger partial charge in [0.2, 0.25) is 5.88 Å². The first-order valence-electron chi connectivity index (χ1n) is 8.36. The maximum Gasteiger partial charge on any atom is 0.416 e. The van der Waals surface area contributed by atoms with Gasteiger partial charge in [-0.25, -0.2) is 9.97 Å². The Morgan fingerprint density at radius 1 is 1.04 bits per heavy atom. The van der Waals surface area contributed by atoms with Crippen molar-refractivity contribution in [2.24, 2.45) is 0 Å². The molecule has 0 aliphatic carbocycles. The molecule has 0 saturated heterocycles. The van der Waals surface area contributed by atoms with Crippen molar-refractivity contribution in [1.29, 1.82) is 0 Å². The zero-order valence-corrected chi connectivity index (χ0v) is 14.3. The van der Waals surface area contributed by atoms with E-state index in [1.54, 1.807) is 24.4 Å². The van der Waals surface area contributed by atoms with Gasteiger partial charge in [-0.1, -0.05) is 12.1 Å². The smallest absolute Gasteiger partial charge is 0.416 e. The minimum absolute atomic E-state index is 0.315. The Hall–Kier alpha value is -2.90. The number of hydrogen-bond acceptors (Lipinski definition) is 3. The lowest BCUT2D eigenvalue weighted by Crippen LogP contribution is -2.04. The van der Waals surface area contributed by atoms with Crippen molar-refractivity contribution >= 4 is 0 Å². The fraction of sp³-hybridized carbons (Fsp3) is 0.263. The van der Waals surface area contributed by atoms with E-state index in [1.165, 1.54) is 12.3 Å². The molecule has 0 fully saturated rings. The first-order valence-corrected chi connectivity index (χ1v) is 8.36. The number of pyridine rings is 1. The molecule has 0 atom stereocenters. The summed E-state index contributed by atoms with van der Waals surface area (Å²) in [6.45, 7) is -0.0912. The normalized spacial score (nSPS) is 11.6. The van der Waals surface area contributed by atoms with E-state index in [1.807, 2.05) is 0 Å². The Balaban J connectivity index is 1.84. The van der Waals surface area contributed by atoms with E-state index in [0.29, 0.717) is 48.0 Å². The maximum absolute atomic E-state index is 12.9. The van der Waals surface area contributed by atoms with Crippen LogP contribution in [0, 0.1) is 0 Å². The molecule has 2 heterocycles. The number of benzene rings is 1. The first-order chi connectivity index (χ1) is 13.0. The van der Waals surface area contributed by atoms with Crippen LogP contribution in [0.1, 0.15) is 18.4 Å². The molecule has 1 N–H and O–H groups in total. The van der Waals surface area contributed by atoms with Gasteiger partial charge in [-0.05, 0) is 37.1 Å². The lowest BCUT2D eigenvalue weighted by atomic mass is 10.1. The molecule has 0 amide bonds. The van der Waals surface area contributed by atoms with Gasteiger partial charge in [-0.15, -0.1) is 0 Å². The van der Waals surface area contributed by atoms with E-state index in [0.717, 1.165) is 12.1 Å². The fourth-order valence-corrected chi connectivity index (χ4v) is 2.52. The number of unbranched alkanes of at least 4 members (excludes halogenated alkanes) is 1. The lowest BCUT2D eigenvalue weighted by molar-refractivity contribution is -0.137. The van der Waals surface area contributed by atoms with Gasteiger partial charge in [0.05, 0.1) is 36.3 Å². The Bertz CT molecular complexity index is 892. The quantitative estimate of drug-likeness (QED) is 0.448. The van der Waals surface area contributed by atoms with Gasteiger partial charge in [-0.3, -0.25) is 4.39 Å². The number of aromatic amines is 1. The second-order valence-corrected chi connectivity index (χ2v) is 5.82. The third kappa shape index (κ3) is 4.64. The molecule has 0 radical (unpaired) electrons. The highest BCUT2D eigenvalue weighted by Gasteiger charge is 2.30. The Kier molecular flexibility index (Phi) is 5.73. The molecule has 27 heavy (non-hydrogen) atoms. The average Bonchev–Trinajstić information content (AvgIpc) is 3.15. The number of imidazole rings is 1. The zero-order chi connectivity index (χ0) is 19.3. The Morgan fingerprint density at radius 3 is 2.67 bits per heavy atom. The highest BCUT2D eigenvalue weighted by molar-refractivity contribution is 5.67. The van der Waals surface area contributed by atoms with Crippen LogP contribution < -0.4 is 4.74 Å². The maximum atomic E-state index is 12.9. The van der Waals surface area contributed by atoms with E-state index < -0.39 is 18.4 Å². The Labute approximate surface area is 153 Å². The minimum Gasteiger partial charge on any atom is -0.477 e. The standard InChI is InChI=1S/C19H17F4N3O/c20-8-1-2-10-27-18-15(7-4-9-24-18)17-25-12-16(26-17)13-5-3-6-14(11-13)19(21,22)23/h3-7,9,11-12H,1-2,8,10H2,(H,25,26). The lowest BCUT2D eigenvalue weighted by Gasteiger charge is -2.08. The summed E-state index contributed by atoms with van der Waals surface area (Å²) < 4.78 is 56.5. The molecule has 0 unspecified atom stereocenters. The number of hydrogen-bond donors (Lipinski definition) is 1. The summed E-state index contributed by atoms with van der Waals surface area (Å²) in [6, 6.07) is 8.45. The van der Waals surface area contributed by atoms with Crippen LogP contribution in [0.4, 0.5) is 17.6 Å². The van der Waals surface area contributed by atoms with Gasteiger partial charge in [-0.2, -0.15) is 13.2 Å². The van der Waals surface area contributed by atoms with Gasteiger partial charge in [0.1, 0.15) is 5.82 Å². The molecule has 0 spiro atoms. The molecule has 0 aliphatic rings. The van der Waals surface area contributed by atoms with Crippen molar-refractivity contribution in [2.45, 2.75) is 19.0 Å². The third-order valence-electron chi connectivity index (χ3n) is 3.87. The SMILES string of the molecule is FCCCCOc1ncccc1-c1ncc(-c2cccc(C(F)(F)F)c2)[nH]1. The molecular formula is C19H17F4N3O. The van der Waals surface area contributed by atoms with Crippen molar-refractivity contribution in [1.82, 2.24) is 15.0 Å². The molecule has 3 rings (SSSR count). The minimum atomic E-state index is -4.41. The molecule has 0 bridgehead atoms. The molecule has 2 aromatic heterocycles. The van der Waals surface area contributed by atoms with E-state index in [2.05, 4.69) is 15.0 Å². The molecule has 0 aliphatic heterocycles. The summed E-state index contributed by atoms with van der Waals surface area (Å²) in [6.07, 6.45) is -0.430. The largest absolute Gasteiger partial charge is 0.477 e. The van der Waals surface area contributed by atoms with E-state index in [4.69, 9.17) is 4.74 Å². The summed E-state index contributed by atoms with van der Waals surface area (Å²) in [5.74, 6) is 0.761. The molecule has 1 aromatic carbocycles. The number of nitrogens with zero attached hydrogens (tertiary/aromatic N) is 2. The number of halogens is 4.